The summed E-state index contributed by atoms with van der Waals surface area (Å²) < 4.78 is 71.2. The van der Waals surface area contributed by atoms with Gasteiger partial charge in [-0.1, -0.05) is 31.5 Å². The zero-order valence-corrected chi connectivity index (χ0v) is 11.9. The van der Waals surface area contributed by atoms with Crippen molar-refractivity contribution in [3.8, 4) is 5.75 Å². The van der Waals surface area contributed by atoms with Gasteiger partial charge >= 0.3 is 5.97 Å². The molecule has 0 aliphatic heterocycles. The molecule has 0 heterocycles. The summed E-state index contributed by atoms with van der Waals surface area (Å²) in [5.74, 6) is -12.8. The summed E-state index contributed by atoms with van der Waals surface area (Å²) in [7, 11) is 0. The van der Waals surface area contributed by atoms with Gasteiger partial charge in [0, 0.05) is 0 Å². The molecule has 0 saturated heterocycles. The van der Waals surface area contributed by atoms with Gasteiger partial charge in [-0.25, -0.2) is 26.7 Å². The van der Waals surface area contributed by atoms with Crippen LogP contribution in [0.4, 0.5) is 22.0 Å². The molecule has 0 amide bonds. The Morgan fingerprint density at radius 3 is 2.00 bits per heavy atom. The van der Waals surface area contributed by atoms with Crippen LogP contribution in [0.15, 0.2) is 24.3 Å². The van der Waals surface area contributed by atoms with Crippen LogP contribution in [-0.4, -0.2) is 5.97 Å². The van der Waals surface area contributed by atoms with Crippen molar-refractivity contribution in [2.75, 3.05) is 0 Å². The zero-order valence-electron chi connectivity index (χ0n) is 11.9. The summed E-state index contributed by atoms with van der Waals surface area (Å²) in [5, 5.41) is 0. The molecule has 2 aromatic rings. The minimum absolute atomic E-state index is 0.00305. The Balaban J connectivity index is 2.44. The predicted molar refractivity (Wildman–Crippen MR) is 71.6 cm³/mol. The lowest BCUT2D eigenvalue weighted by atomic mass is 10.1. The van der Waals surface area contributed by atoms with Crippen LogP contribution in [0.3, 0.4) is 0 Å². The second kappa shape index (κ2) is 6.76. The van der Waals surface area contributed by atoms with E-state index in [-0.39, 0.29) is 5.75 Å². The number of carbonyl (C=O) groups excluding carboxylic acids is 1. The minimum Gasteiger partial charge on any atom is -0.422 e. The van der Waals surface area contributed by atoms with Crippen molar-refractivity contribution < 1.29 is 31.5 Å². The minimum atomic E-state index is -2.33. The molecule has 0 radical (unpaired) electrons. The lowest BCUT2D eigenvalue weighted by Gasteiger charge is -2.11. The van der Waals surface area contributed by atoms with Crippen LogP contribution in [-0.2, 0) is 6.42 Å². The third kappa shape index (κ3) is 3.18. The Kier molecular flexibility index (Phi) is 4.98. The molecule has 7 heteroatoms. The van der Waals surface area contributed by atoms with Crippen molar-refractivity contribution in [2.45, 2.75) is 19.8 Å². The van der Waals surface area contributed by atoms with Crippen LogP contribution in [0.25, 0.3) is 0 Å². The Morgan fingerprint density at radius 2 is 1.43 bits per heavy atom. The Bertz CT molecular complexity index is 729. The van der Waals surface area contributed by atoms with Crippen LogP contribution >= 0.6 is 0 Å². The molecule has 23 heavy (non-hydrogen) atoms. The number of halogens is 5. The molecule has 0 aromatic heterocycles. The normalized spacial score (nSPS) is 10.7. The molecule has 0 atom stereocenters. The second-order valence-corrected chi connectivity index (χ2v) is 4.69. The molecule has 2 rings (SSSR count). The number of benzene rings is 2. The van der Waals surface area contributed by atoms with E-state index in [0.29, 0.717) is 18.4 Å². The fraction of sp³-hybridized carbons (Fsp3) is 0.188. The molecular weight excluding hydrogens is 319 g/mol. The summed E-state index contributed by atoms with van der Waals surface area (Å²) >= 11 is 0. The second-order valence-electron chi connectivity index (χ2n) is 4.69. The summed E-state index contributed by atoms with van der Waals surface area (Å²) in [6, 6.07) is 6.18. The first kappa shape index (κ1) is 16.9. The molecule has 0 saturated carbocycles. The van der Waals surface area contributed by atoms with Crippen molar-refractivity contribution >= 4 is 5.97 Å². The van der Waals surface area contributed by atoms with E-state index in [9.17, 15) is 26.7 Å². The van der Waals surface area contributed by atoms with Gasteiger partial charge in [0.25, 0.3) is 0 Å². The van der Waals surface area contributed by atoms with Gasteiger partial charge in [-0.05, 0) is 18.1 Å². The molecule has 122 valence electrons. The number of esters is 1. The van der Waals surface area contributed by atoms with Crippen LogP contribution in [0.5, 0.6) is 5.75 Å². The molecule has 0 N–H and O–H groups in total. The van der Waals surface area contributed by atoms with Crippen molar-refractivity contribution in [1.82, 2.24) is 0 Å². The van der Waals surface area contributed by atoms with E-state index in [2.05, 4.69) is 0 Å². The summed E-state index contributed by atoms with van der Waals surface area (Å²) in [5.41, 5.74) is -1.04. The van der Waals surface area contributed by atoms with Crippen LogP contribution in [0.2, 0.25) is 0 Å². The molecule has 0 fully saturated rings. The third-order valence-corrected chi connectivity index (χ3v) is 3.11. The van der Waals surface area contributed by atoms with Crippen LogP contribution in [0.1, 0.15) is 29.3 Å². The molecule has 2 aromatic carbocycles. The first-order valence-corrected chi connectivity index (χ1v) is 6.70. The van der Waals surface area contributed by atoms with Gasteiger partial charge in [-0.15, -0.1) is 0 Å². The lowest BCUT2D eigenvalue weighted by molar-refractivity contribution is 0.0719. The van der Waals surface area contributed by atoms with Gasteiger partial charge < -0.3 is 4.74 Å². The van der Waals surface area contributed by atoms with Crippen molar-refractivity contribution in [2.24, 2.45) is 0 Å². The molecule has 0 unspecified atom stereocenters. The van der Waals surface area contributed by atoms with Crippen LogP contribution in [0, 0.1) is 29.1 Å². The van der Waals surface area contributed by atoms with E-state index in [1.165, 1.54) is 12.1 Å². The van der Waals surface area contributed by atoms with Gasteiger partial charge in [0.1, 0.15) is 11.3 Å². The average Bonchev–Trinajstić information content (AvgIpc) is 2.53. The van der Waals surface area contributed by atoms with E-state index >= 15 is 0 Å². The van der Waals surface area contributed by atoms with E-state index in [0.717, 1.165) is 0 Å². The number of aryl methyl sites for hydroxylation is 1. The van der Waals surface area contributed by atoms with E-state index in [1.807, 2.05) is 6.92 Å². The monoisotopic (exact) mass is 330 g/mol. The van der Waals surface area contributed by atoms with E-state index in [4.69, 9.17) is 4.74 Å². The van der Waals surface area contributed by atoms with E-state index in [1.54, 1.807) is 12.1 Å². The summed E-state index contributed by atoms with van der Waals surface area (Å²) in [4.78, 5) is 11.9. The summed E-state index contributed by atoms with van der Waals surface area (Å²) in [6.07, 6.45) is 1.22. The fourth-order valence-electron chi connectivity index (χ4n) is 2.01. The maximum absolute atomic E-state index is 13.6. The highest BCUT2D eigenvalue weighted by atomic mass is 19.2. The third-order valence-electron chi connectivity index (χ3n) is 3.11. The highest BCUT2D eigenvalue weighted by Gasteiger charge is 2.31. The fourth-order valence-corrected chi connectivity index (χ4v) is 2.01. The van der Waals surface area contributed by atoms with Gasteiger partial charge in [-0.2, -0.15) is 0 Å². The quantitative estimate of drug-likeness (QED) is 0.270. The largest absolute Gasteiger partial charge is 0.422 e. The number of para-hydroxylation sites is 1. The van der Waals surface area contributed by atoms with Gasteiger partial charge in [0.15, 0.2) is 23.3 Å². The number of rotatable bonds is 4. The highest BCUT2D eigenvalue weighted by Crippen LogP contribution is 2.26. The molecule has 0 aliphatic carbocycles. The lowest BCUT2D eigenvalue weighted by Crippen LogP contribution is -2.18. The number of carbonyl (C=O) groups is 1. The maximum atomic E-state index is 13.6. The Labute approximate surface area is 128 Å². The first-order valence-electron chi connectivity index (χ1n) is 6.70. The van der Waals surface area contributed by atoms with Gasteiger partial charge in [0.05, 0.1) is 0 Å². The van der Waals surface area contributed by atoms with Crippen LogP contribution < -0.4 is 4.74 Å². The van der Waals surface area contributed by atoms with Crippen molar-refractivity contribution in [3.63, 3.8) is 0 Å². The standard InChI is InChI=1S/C16H11F5O2/c1-2-5-8-6-3-4-7-9(8)23-16(22)10-11(17)13(19)15(21)14(20)12(10)18/h3-4,6-7H,2,5H2,1H3. The predicted octanol–water partition coefficient (Wildman–Crippen LogP) is 4.55. The smallest absolute Gasteiger partial charge is 0.349 e. The van der Waals surface area contributed by atoms with Crippen molar-refractivity contribution in [1.29, 1.82) is 0 Å². The number of hydrogen-bond donors (Lipinski definition) is 0. The highest BCUT2D eigenvalue weighted by molar-refractivity contribution is 5.92. The molecule has 2 nitrogen and oxygen atoms in total. The topological polar surface area (TPSA) is 26.3 Å². The molecule has 0 bridgehead atoms. The number of hydrogen-bond acceptors (Lipinski definition) is 2. The maximum Gasteiger partial charge on any atom is 0.349 e. The Morgan fingerprint density at radius 1 is 0.913 bits per heavy atom. The average molecular weight is 330 g/mol. The zero-order chi connectivity index (χ0) is 17.1. The van der Waals surface area contributed by atoms with E-state index < -0.39 is 40.6 Å². The molecule has 0 aliphatic rings. The SMILES string of the molecule is CCCc1ccccc1OC(=O)c1c(F)c(F)c(F)c(F)c1F. The molecular formula is C16H11F5O2. The first-order chi connectivity index (χ1) is 10.9. The van der Waals surface area contributed by atoms with Gasteiger partial charge in [-0.3, -0.25) is 0 Å². The Hall–Kier alpha value is -2.44. The van der Waals surface area contributed by atoms with Crippen molar-refractivity contribution in [3.05, 3.63) is 64.5 Å². The number of ether oxygens (including phenoxy) is 1. The van der Waals surface area contributed by atoms with Gasteiger partial charge in [0.2, 0.25) is 5.82 Å². The molecule has 0 spiro atoms. The summed E-state index contributed by atoms with van der Waals surface area (Å²) in [6.45, 7) is 1.86.